The van der Waals surface area contributed by atoms with E-state index in [4.69, 9.17) is 0 Å². The van der Waals surface area contributed by atoms with Crippen LogP contribution in [0.25, 0.3) is 10.9 Å². The second kappa shape index (κ2) is 3.73. The highest BCUT2D eigenvalue weighted by atomic mass is 14.7. The van der Waals surface area contributed by atoms with Crippen LogP contribution in [-0.2, 0) is 0 Å². The lowest BCUT2D eigenvalue weighted by atomic mass is 9.95. The van der Waals surface area contributed by atoms with Gasteiger partial charge in [0.1, 0.15) is 0 Å². The molecule has 1 nitrogen and oxygen atoms in total. The summed E-state index contributed by atoms with van der Waals surface area (Å²) in [5.41, 5.74) is 4.15. The Labute approximate surface area is 93.0 Å². The van der Waals surface area contributed by atoms with Gasteiger partial charge in [-0.2, -0.15) is 0 Å². The van der Waals surface area contributed by atoms with Crippen LogP contribution < -0.4 is 0 Å². The number of benzene rings is 1. The second-order valence-corrected chi connectivity index (χ2v) is 4.81. The molecule has 0 aliphatic rings. The van der Waals surface area contributed by atoms with E-state index in [1.807, 2.05) is 0 Å². The Morgan fingerprint density at radius 1 is 1.00 bits per heavy atom. The third-order valence-electron chi connectivity index (χ3n) is 2.93. The zero-order chi connectivity index (χ0) is 11.0. The van der Waals surface area contributed by atoms with E-state index < -0.39 is 0 Å². The molecule has 0 aliphatic heterocycles. The third-order valence-corrected chi connectivity index (χ3v) is 2.93. The fourth-order valence-corrected chi connectivity index (χ4v) is 2.26. The number of hydrogen-bond acceptors (Lipinski definition) is 0. The van der Waals surface area contributed by atoms with Gasteiger partial charge >= 0.3 is 0 Å². The zero-order valence-corrected chi connectivity index (χ0v) is 9.96. The first-order valence-corrected chi connectivity index (χ1v) is 5.71. The molecule has 2 rings (SSSR count). The molecule has 1 N–H and O–H groups in total. The van der Waals surface area contributed by atoms with Crippen LogP contribution >= 0.6 is 0 Å². The summed E-state index contributed by atoms with van der Waals surface area (Å²) in [5, 5.41) is 1.39. The molecule has 0 aliphatic carbocycles. The standard InChI is InChI=1S/C14H19N.H2/c1-9(2)13-11-7-5-6-8-12(11)15-14(13)10(3)4;/h5-10,15H,1-4H3;1H. The number of rotatable bonds is 2. The van der Waals surface area contributed by atoms with E-state index in [1.165, 1.54) is 22.2 Å². The van der Waals surface area contributed by atoms with E-state index in [-0.39, 0.29) is 1.43 Å². The first kappa shape index (κ1) is 10.3. The number of aromatic nitrogens is 1. The molecule has 0 bridgehead atoms. The first-order chi connectivity index (χ1) is 7.11. The molecule has 15 heavy (non-hydrogen) atoms. The molecule has 0 fully saturated rings. The maximum absolute atomic E-state index is 3.54. The SMILES string of the molecule is CC(C)c1[nH]c2ccccc2c1C(C)C.[HH]. The Morgan fingerprint density at radius 3 is 2.27 bits per heavy atom. The largest absolute Gasteiger partial charge is 0.358 e. The Balaban J connectivity index is 0.00000128. The maximum atomic E-state index is 3.54. The normalized spacial score (nSPS) is 11.9. The van der Waals surface area contributed by atoms with Crippen molar-refractivity contribution in [2.24, 2.45) is 0 Å². The summed E-state index contributed by atoms with van der Waals surface area (Å²) >= 11 is 0. The lowest BCUT2D eigenvalue weighted by Crippen LogP contribution is -1.95. The van der Waals surface area contributed by atoms with Crippen LogP contribution in [0.3, 0.4) is 0 Å². The van der Waals surface area contributed by atoms with Crippen molar-refractivity contribution in [3.05, 3.63) is 35.5 Å². The van der Waals surface area contributed by atoms with Gasteiger partial charge in [0.15, 0.2) is 0 Å². The molecule has 0 saturated heterocycles. The molecule has 0 saturated carbocycles. The van der Waals surface area contributed by atoms with E-state index in [0.29, 0.717) is 11.8 Å². The fraction of sp³-hybridized carbons (Fsp3) is 0.429. The van der Waals surface area contributed by atoms with Crippen molar-refractivity contribution < 1.29 is 1.43 Å². The minimum atomic E-state index is 0. The van der Waals surface area contributed by atoms with Crippen LogP contribution in [0.15, 0.2) is 24.3 Å². The van der Waals surface area contributed by atoms with Crippen LogP contribution in [0.5, 0.6) is 0 Å². The summed E-state index contributed by atoms with van der Waals surface area (Å²) in [6.07, 6.45) is 0. The average molecular weight is 203 g/mol. The topological polar surface area (TPSA) is 15.8 Å². The van der Waals surface area contributed by atoms with Gasteiger partial charge in [-0.1, -0.05) is 45.9 Å². The number of hydrogen-bond donors (Lipinski definition) is 1. The van der Waals surface area contributed by atoms with Gasteiger partial charge in [-0.05, 0) is 23.5 Å². The third kappa shape index (κ3) is 1.67. The van der Waals surface area contributed by atoms with Crippen LogP contribution in [0, 0.1) is 0 Å². The van der Waals surface area contributed by atoms with Gasteiger partial charge in [0.2, 0.25) is 0 Å². The number of para-hydroxylation sites is 1. The summed E-state index contributed by atoms with van der Waals surface area (Å²) in [7, 11) is 0. The van der Waals surface area contributed by atoms with Crippen molar-refractivity contribution in [2.75, 3.05) is 0 Å². The van der Waals surface area contributed by atoms with E-state index in [0.717, 1.165) is 0 Å². The van der Waals surface area contributed by atoms with Crippen LogP contribution in [-0.4, -0.2) is 4.98 Å². The quantitative estimate of drug-likeness (QED) is 0.730. The fourth-order valence-electron chi connectivity index (χ4n) is 2.26. The van der Waals surface area contributed by atoms with Crippen LogP contribution in [0.1, 0.15) is 52.2 Å². The van der Waals surface area contributed by atoms with Gasteiger partial charge in [-0.3, -0.25) is 0 Å². The van der Waals surface area contributed by atoms with Gasteiger partial charge in [0, 0.05) is 18.0 Å². The summed E-state index contributed by atoms with van der Waals surface area (Å²) < 4.78 is 0. The van der Waals surface area contributed by atoms with E-state index >= 15 is 0 Å². The van der Waals surface area contributed by atoms with Crippen molar-refractivity contribution in [2.45, 2.75) is 39.5 Å². The Hall–Kier alpha value is -1.24. The molecule has 0 amide bonds. The molecule has 1 heterocycles. The van der Waals surface area contributed by atoms with Gasteiger partial charge in [0.05, 0.1) is 0 Å². The summed E-state index contributed by atoms with van der Waals surface area (Å²) in [4.78, 5) is 3.54. The Morgan fingerprint density at radius 2 is 1.67 bits per heavy atom. The summed E-state index contributed by atoms with van der Waals surface area (Å²) in [5.74, 6) is 1.15. The summed E-state index contributed by atoms with van der Waals surface area (Å²) in [6, 6.07) is 8.58. The first-order valence-electron chi connectivity index (χ1n) is 5.71. The number of fused-ring (bicyclic) bond motifs is 1. The highest BCUT2D eigenvalue weighted by Gasteiger charge is 2.15. The molecule has 1 heteroatoms. The minimum Gasteiger partial charge on any atom is -0.358 e. The van der Waals surface area contributed by atoms with E-state index in [9.17, 15) is 0 Å². The van der Waals surface area contributed by atoms with Crippen molar-refractivity contribution in [1.82, 2.24) is 4.98 Å². The van der Waals surface area contributed by atoms with E-state index in [1.54, 1.807) is 0 Å². The van der Waals surface area contributed by atoms with Crippen molar-refractivity contribution >= 4 is 10.9 Å². The maximum Gasteiger partial charge on any atom is 0.0459 e. The molecule has 0 unspecified atom stereocenters. The Bertz CT molecular complexity index is 469. The molecular formula is C14H21N. The second-order valence-electron chi connectivity index (χ2n) is 4.81. The number of aromatic amines is 1. The van der Waals surface area contributed by atoms with Crippen LogP contribution in [0.2, 0.25) is 0 Å². The van der Waals surface area contributed by atoms with Gasteiger partial charge in [0.25, 0.3) is 0 Å². The van der Waals surface area contributed by atoms with Crippen LogP contribution in [0.4, 0.5) is 0 Å². The van der Waals surface area contributed by atoms with Crippen molar-refractivity contribution in [3.8, 4) is 0 Å². The van der Waals surface area contributed by atoms with Gasteiger partial charge in [-0.25, -0.2) is 0 Å². The molecule has 0 radical (unpaired) electrons. The van der Waals surface area contributed by atoms with E-state index in [2.05, 4.69) is 56.9 Å². The van der Waals surface area contributed by atoms with Gasteiger partial charge in [-0.15, -0.1) is 0 Å². The summed E-state index contributed by atoms with van der Waals surface area (Å²) in [6.45, 7) is 9.02. The van der Waals surface area contributed by atoms with Gasteiger partial charge < -0.3 is 4.98 Å². The molecule has 0 atom stereocenters. The zero-order valence-electron chi connectivity index (χ0n) is 9.96. The monoisotopic (exact) mass is 203 g/mol. The van der Waals surface area contributed by atoms with Crippen molar-refractivity contribution in [1.29, 1.82) is 0 Å². The molecule has 0 spiro atoms. The predicted molar refractivity (Wildman–Crippen MR) is 68.6 cm³/mol. The molecule has 82 valence electrons. The highest BCUT2D eigenvalue weighted by Crippen LogP contribution is 2.32. The molecule has 1 aromatic carbocycles. The van der Waals surface area contributed by atoms with Crippen molar-refractivity contribution in [3.63, 3.8) is 0 Å². The number of H-pyrrole nitrogens is 1. The molecule has 2 aromatic rings. The average Bonchev–Trinajstić information content (AvgIpc) is 2.56. The lowest BCUT2D eigenvalue weighted by molar-refractivity contribution is 0.778. The molecule has 1 aromatic heterocycles. The number of nitrogens with one attached hydrogen (secondary N) is 1. The smallest absolute Gasteiger partial charge is 0.0459 e. The predicted octanol–water partition coefficient (Wildman–Crippen LogP) is 4.66. The minimum absolute atomic E-state index is 0. The Kier molecular flexibility index (Phi) is 2.56. The molecular weight excluding hydrogens is 182 g/mol. The lowest BCUT2D eigenvalue weighted by Gasteiger charge is -2.10. The highest BCUT2D eigenvalue weighted by molar-refractivity contribution is 5.85.